The maximum absolute atomic E-state index is 13.1. The number of nitrogens with zero attached hydrogens (tertiary/aromatic N) is 2. The van der Waals surface area contributed by atoms with Crippen LogP contribution < -0.4 is 20.7 Å². The van der Waals surface area contributed by atoms with Crippen LogP contribution in [0.2, 0.25) is 0 Å². The Balaban J connectivity index is 1.64. The molecule has 3 aromatic rings. The molecular formula is C22H24FN5OS. The molecule has 3 rings (SSSR count). The van der Waals surface area contributed by atoms with Crippen LogP contribution in [-0.2, 0) is 0 Å². The van der Waals surface area contributed by atoms with E-state index in [9.17, 15) is 4.39 Å². The molecule has 1 heterocycles. The minimum Gasteiger partial charge on any atom is -0.494 e. The van der Waals surface area contributed by atoms with Crippen molar-refractivity contribution >= 4 is 34.8 Å². The average Bonchev–Trinajstić information content (AvgIpc) is 2.69. The molecule has 0 aliphatic rings. The number of thiocarbonyl (C=S) groups is 1. The van der Waals surface area contributed by atoms with Crippen LogP contribution in [0, 0.1) is 12.7 Å². The van der Waals surface area contributed by atoms with Gasteiger partial charge in [-0.15, -0.1) is 0 Å². The van der Waals surface area contributed by atoms with Gasteiger partial charge < -0.3 is 20.7 Å². The van der Waals surface area contributed by atoms with Gasteiger partial charge >= 0.3 is 0 Å². The molecule has 0 spiro atoms. The van der Waals surface area contributed by atoms with Crippen molar-refractivity contribution in [1.29, 1.82) is 0 Å². The normalized spacial score (nSPS) is 11.5. The molecule has 0 saturated heterocycles. The van der Waals surface area contributed by atoms with Gasteiger partial charge in [0.2, 0.25) is 5.95 Å². The quantitative estimate of drug-likeness (QED) is 0.454. The zero-order valence-electron chi connectivity index (χ0n) is 17.1. The first-order valence-electron chi connectivity index (χ1n) is 9.61. The van der Waals surface area contributed by atoms with E-state index < -0.39 is 0 Å². The molecule has 0 saturated carbocycles. The lowest BCUT2D eigenvalue weighted by atomic mass is 10.1. The molecule has 156 valence electrons. The number of hydrogen-bond acceptors (Lipinski definition) is 5. The van der Waals surface area contributed by atoms with Crippen LogP contribution in [0.25, 0.3) is 0 Å². The minimum absolute atomic E-state index is 0.100. The summed E-state index contributed by atoms with van der Waals surface area (Å²) >= 11 is 5.38. The second-order valence-corrected chi connectivity index (χ2v) is 7.08. The molecule has 1 atom stereocenters. The first kappa shape index (κ1) is 21.4. The van der Waals surface area contributed by atoms with Gasteiger partial charge in [0, 0.05) is 17.4 Å². The number of rotatable bonds is 7. The molecule has 0 amide bonds. The fourth-order valence-electron chi connectivity index (χ4n) is 2.81. The van der Waals surface area contributed by atoms with Gasteiger partial charge in [0.1, 0.15) is 17.4 Å². The summed E-state index contributed by atoms with van der Waals surface area (Å²) in [6.07, 6.45) is 0. The number of aryl methyl sites for hydroxylation is 1. The number of nitrogens with one attached hydrogen (secondary N) is 3. The van der Waals surface area contributed by atoms with E-state index in [1.54, 1.807) is 12.1 Å². The van der Waals surface area contributed by atoms with Crippen molar-refractivity contribution in [2.24, 2.45) is 0 Å². The van der Waals surface area contributed by atoms with E-state index >= 15 is 0 Å². The zero-order chi connectivity index (χ0) is 21.5. The summed E-state index contributed by atoms with van der Waals surface area (Å²) in [4.78, 5) is 8.86. The van der Waals surface area contributed by atoms with Crippen LogP contribution in [0.3, 0.4) is 0 Å². The Hall–Kier alpha value is -3.26. The number of ether oxygens (including phenoxy) is 1. The molecule has 3 N–H and O–H groups in total. The highest BCUT2D eigenvalue weighted by molar-refractivity contribution is 7.80. The van der Waals surface area contributed by atoms with E-state index in [4.69, 9.17) is 17.0 Å². The standard InChI is InChI=1S/C22H24FN5OS/c1-4-29-19-11-9-18(10-12-19)26-20-13-14(2)24-21(27-20)28-22(30)25-15(3)16-5-7-17(23)8-6-16/h5-13,15H,4H2,1-3H3,(H3,24,25,26,27,28,30)/t15-/m1/s1. The number of anilines is 3. The second-order valence-electron chi connectivity index (χ2n) is 6.67. The summed E-state index contributed by atoms with van der Waals surface area (Å²) in [6, 6.07) is 15.7. The Bertz CT molecular complexity index is 995. The van der Waals surface area contributed by atoms with E-state index in [2.05, 4.69) is 25.9 Å². The van der Waals surface area contributed by atoms with Crippen LogP contribution in [-0.4, -0.2) is 21.7 Å². The predicted octanol–water partition coefficient (Wildman–Crippen LogP) is 5.11. The van der Waals surface area contributed by atoms with Crippen LogP contribution in [0.4, 0.5) is 21.8 Å². The fraction of sp³-hybridized carbons (Fsp3) is 0.227. The van der Waals surface area contributed by atoms with Crippen molar-refractivity contribution in [2.75, 3.05) is 17.2 Å². The first-order valence-corrected chi connectivity index (χ1v) is 10.0. The maximum Gasteiger partial charge on any atom is 0.231 e. The van der Waals surface area contributed by atoms with Gasteiger partial charge in [0.25, 0.3) is 0 Å². The molecule has 30 heavy (non-hydrogen) atoms. The molecule has 0 unspecified atom stereocenters. The van der Waals surface area contributed by atoms with Gasteiger partial charge in [-0.05, 0) is 75.0 Å². The molecule has 2 aromatic carbocycles. The Morgan fingerprint density at radius 1 is 1.10 bits per heavy atom. The molecule has 0 fully saturated rings. The van der Waals surface area contributed by atoms with Gasteiger partial charge in [0.15, 0.2) is 5.11 Å². The Kier molecular flexibility index (Phi) is 7.13. The Morgan fingerprint density at radius 2 is 1.80 bits per heavy atom. The number of halogens is 1. The Morgan fingerprint density at radius 3 is 2.47 bits per heavy atom. The highest BCUT2D eigenvalue weighted by Gasteiger charge is 2.10. The summed E-state index contributed by atoms with van der Waals surface area (Å²) < 4.78 is 18.6. The molecular weight excluding hydrogens is 401 g/mol. The largest absolute Gasteiger partial charge is 0.494 e. The Labute approximate surface area is 180 Å². The van der Waals surface area contributed by atoms with E-state index in [1.165, 1.54) is 12.1 Å². The molecule has 1 aromatic heterocycles. The monoisotopic (exact) mass is 425 g/mol. The van der Waals surface area contributed by atoms with Crippen molar-refractivity contribution < 1.29 is 9.13 Å². The maximum atomic E-state index is 13.1. The van der Waals surface area contributed by atoms with E-state index in [0.717, 1.165) is 22.7 Å². The van der Waals surface area contributed by atoms with Gasteiger partial charge in [-0.25, -0.2) is 9.37 Å². The third-order valence-electron chi connectivity index (χ3n) is 4.23. The molecule has 0 aliphatic carbocycles. The lowest BCUT2D eigenvalue weighted by molar-refractivity contribution is 0.340. The van der Waals surface area contributed by atoms with Crippen molar-refractivity contribution in [2.45, 2.75) is 26.8 Å². The summed E-state index contributed by atoms with van der Waals surface area (Å²) in [6.45, 7) is 6.40. The summed E-state index contributed by atoms with van der Waals surface area (Å²) in [5, 5.41) is 9.80. The SMILES string of the molecule is CCOc1ccc(Nc2cc(C)nc(NC(=S)N[C@H](C)c3ccc(F)cc3)n2)cc1. The average molecular weight is 426 g/mol. The van der Waals surface area contributed by atoms with Crippen LogP contribution >= 0.6 is 12.2 Å². The topological polar surface area (TPSA) is 71.1 Å². The molecule has 0 aliphatic heterocycles. The summed E-state index contributed by atoms with van der Waals surface area (Å²) in [5.74, 6) is 1.57. The molecule has 8 heteroatoms. The predicted molar refractivity (Wildman–Crippen MR) is 122 cm³/mol. The van der Waals surface area contributed by atoms with Crippen molar-refractivity contribution in [3.05, 3.63) is 71.7 Å². The van der Waals surface area contributed by atoms with Gasteiger partial charge in [-0.1, -0.05) is 12.1 Å². The number of hydrogen-bond donors (Lipinski definition) is 3. The van der Waals surface area contributed by atoms with Crippen molar-refractivity contribution in [1.82, 2.24) is 15.3 Å². The van der Waals surface area contributed by atoms with Crippen LogP contribution in [0.5, 0.6) is 5.75 Å². The first-order chi connectivity index (χ1) is 14.4. The second kappa shape index (κ2) is 9.98. The lowest BCUT2D eigenvalue weighted by Crippen LogP contribution is -2.31. The highest BCUT2D eigenvalue weighted by atomic mass is 32.1. The van der Waals surface area contributed by atoms with E-state index in [-0.39, 0.29) is 11.9 Å². The molecule has 6 nitrogen and oxygen atoms in total. The fourth-order valence-corrected chi connectivity index (χ4v) is 3.07. The van der Waals surface area contributed by atoms with Crippen LogP contribution in [0.1, 0.15) is 31.1 Å². The third kappa shape index (κ3) is 6.12. The van der Waals surface area contributed by atoms with Crippen molar-refractivity contribution in [3.63, 3.8) is 0 Å². The number of benzene rings is 2. The third-order valence-corrected chi connectivity index (χ3v) is 4.45. The van der Waals surface area contributed by atoms with E-state index in [1.807, 2.05) is 51.1 Å². The van der Waals surface area contributed by atoms with E-state index in [0.29, 0.717) is 23.5 Å². The molecule has 0 radical (unpaired) electrons. The zero-order valence-corrected chi connectivity index (χ0v) is 17.9. The van der Waals surface area contributed by atoms with Gasteiger partial charge in [-0.2, -0.15) is 4.98 Å². The summed E-state index contributed by atoms with van der Waals surface area (Å²) in [5.41, 5.74) is 2.59. The smallest absolute Gasteiger partial charge is 0.231 e. The molecule has 0 bridgehead atoms. The lowest BCUT2D eigenvalue weighted by Gasteiger charge is -2.17. The highest BCUT2D eigenvalue weighted by Crippen LogP contribution is 2.20. The minimum atomic E-state index is -0.271. The van der Waals surface area contributed by atoms with Gasteiger partial charge in [0.05, 0.1) is 12.6 Å². The van der Waals surface area contributed by atoms with Crippen LogP contribution in [0.15, 0.2) is 54.6 Å². The van der Waals surface area contributed by atoms with Crippen molar-refractivity contribution in [3.8, 4) is 5.75 Å². The summed E-state index contributed by atoms with van der Waals surface area (Å²) in [7, 11) is 0. The number of aromatic nitrogens is 2. The van der Waals surface area contributed by atoms with Gasteiger partial charge in [-0.3, -0.25) is 0 Å².